The highest BCUT2D eigenvalue weighted by Gasteiger charge is 2.34. The lowest BCUT2D eigenvalue weighted by molar-refractivity contribution is 0.0151. The first kappa shape index (κ1) is 21.5. The fourth-order valence-electron chi connectivity index (χ4n) is 3.55. The standard InChI is InChI=1S/C24H27NO5/c1-24(2,13-14-26)22(17-11-12-21(29-3)20(27)15-17)30-23(28)25-19-10-6-8-16-7-4-5-9-18(16)19/h4-12,15,22,26-27H,13-14H2,1-3H3,(H,25,28)/t22-/m1/s1. The van der Waals surface area contributed by atoms with E-state index >= 15 is 0 Å². The van der Waals surface area contributed by atoms with Gasteiger partial charge >= 0.3 is 6.09 Å². The molecule has 3 N–H and O–H groups in total. The van der Waals surface area contributed by atoms with Gasteiger partial charge in [-0.1, -0.05) is 56.3 Å². The summed E-state index contributed by atoms with van der Waals surface area (Å²) in [5, 5.41) is 24.4. The Kier molecular flexibility index (Phi) is 6.47. The number of rotatable bonds is 7. The van der Waals surface area contributed by atoms with Gasteiger partial charge in [-0.15, -0.1) is 0 Å². The van der Waals surface area contributed by atoms with Crippen molar-refractivity contribution in [3.8, 4) is 11.5 Å². The van der Waals surface area contributed by atoms with Crippen molar-refractivity contribution in [2.45, 2.75) is 26.4 Å². The predicted molar refractivity (Wildman–Crippen MR) is 117 cm³/mol. The van der Waals surface area contributed by atoms with Crippen molar-refractivity contribution < 1.29 is 24.5 Å². The Hall–Kier alpha value is -3.25. The van der Waals surface area contributed by atoms with Gasteiger partial charge in [0.1, 0.15) is 6.10 Å². The number of fused-ring (bicyclic) bond motifs is 1. The molecule has 0 fully saturated rings. The van der Waals surface area contributed by atoms with E-state index in [2.05, 4.69) is 5.32 Å². The maximum atomic E-state index is 12.8. The van der Waals surface area contributed by atoms with Crippen LogP contribution < -0.4 is 10.1 Å². The number of aromatic hydroxyl groups is 1. The number of carbonyl (C=O) groups is 1. The second kappa shape index (κ2) is 9.05. The van der Waals surface area contributed by atoms with E-state index in [1.54, 1.807) is 12.1 Å². The van der Waals surface area contributed by atoms with E-state index in [4.69, 9.17) is 9.47 Å². The number of hydrogen-bond donors (Lipinski definition) is 3. The molecule has 0 bridgehead atoms. The van der Waals surface area contributed by atoms with Crippen LogP contribution in [0.1, 0.15) is 31.9 Å². The molecule has 3 aromatic carbocycles. The Balaban J connectivity index is 1.89. The van der Waals surface area contributed by atoms with Crippen LogP contribution in [-0.4, -0.2) is 30.0 Å². The molecular weight excluding hydrogens is 382 g/mol. The third-order valence-electron chi connectivity index (χ3n) is 5.22. The number of phenols is 1. The fraction of sp³-hybridized carbons (Fsp3) is 0.292. The summed E-state index contributed by atoms with van der Waals surface area (Å²) in [6, 6.07) is 18.3. The normalized spacial score (nSPS) is 12.4. The number of nitrogens with one attached hydrogen (secondary N) is 1. The van der Waals surface area contributed by atoms with E-state index in [1.165, 1.54) is 13.2 Å². The number of methoxy groups -OCH3 is 1. The SMILES string of the molecule is COc1ccc([C@@H](OC(=O)Nc2cccc3ccccc23)C(C)(C)CCO)cc1O. The van der Waals surface area contributed by atoms with Gasteiger partial charge in [0.15, 0.2) is 11.5 Å². The Morgan fingerprint density at radius 2 is 1.83 bits per heavy atom. The molecule has 3 rings (SSSR count). The molecule has 1 amide bonds. The van der Waals surface area contributed by atoms with E-state index < -0.39 is 17.6 Å². The van der Waals surface area contributed by atoms with Gasteiger partial charge in [-0.2, -0.15) is 0 Å². The lowest BCUT2D eigenvalue weighted by Gasteiger charge is -2.34. The third-order valence-corrected chi connectivity index (χ3v) is 5.22. The van der Waals surface area contributed by atoms with Gasteiger partial charge in [-0.05, 0) is 35.6 Å². The van der Waals surface area contributed by atoms with Crippen molar-refractivity contribution in [1.82, 2.24) is 0 Å². The highest BCUT2D eigenvalue weighted by Crippen LogP contribution is 2.42. The molecular formula is C24H27NO5. The first-order valence-electron chi connectivity index (χ1n) is 9.79. The van der Waals surface area contributed by atoms with Crippen molar-refractivity contribution in [3.05, 3.63) is 66.2 Å². The molecule has 3 aromatic rings. The van der Waals surface area contributed by atoms with Crippen molar-refractivity contribution in [1.29, 1.82) is 0 Å². The monoisotopic (exact) mass is 409 g/mol. The van der Waals surface area contributed by atoms with E-state index in [1.807, 2.05) is 56.3 Å². The summed E-state index contributed by atoms with van der Waals surface area (Å²) >= 11 is 0. The lowest BCUT2D eigenvalue weighted by atomic mass is 9.80. The lowest BCUT2D eigenvalue weighted by Crippen LogP contribution is -2.29. The second-order valence-electron chi connectivity index (χ2n) is 7.83. The van der Waals surface area contributed by atoms with Gasteiger partial charge in [0.2, 0.25) is 0 Å². The summed E-state index contributed by atoms with van der Waals surface area (Å²) in [5.41, 5.74) is 0.681. The number of phenolic OH excluding ortho intramolecular Hbond substituents is 1. The summed E-state index contributed by atoms with van der Waals surface area (Å²) in [5.74, 6) is 0.288. The van der Waals surface area contributed by atoms with E-state index in [0.29, 0.717) is 23.4 Å². The summed E-state index contributed by atoms with van der Waals surface area (Å²) in [7, 11) is 1.47. The molecule has 6 heteroatoms. The van der Waals surface area contributed by atoms with Crippen molar-refractivity contribution in [2.75, 3.05) is 19.0 Å². The number of hydrogen-bond acceptors (Lipinski definition) is 5. The van der Waals surface area contributed by atoms with Crippen LogP contribution in [0.5, 0.6) is 11.5 Å². The molecule has 0 heterocycles. The average Bonchev–Trinajstić information content (AvgIpc) is 2.72. The zero-order valence-electron chi connectivity index (χ0n) is 17.4. The zero-order chi connectivity index (χ0) is 21.7. The molecule has 0 aliphatic heterocycles. The largest absolute Gasteiger partial charge is 0.504 e. The Morgan fingerprint density at radius 3 is 2.53 bits per heavy atom. The van der Waals surface area contributed by atoms with Crippen LogP contribution in [0.2, 0.25) is 0 Å². The summed E-state index contributed by atoms with van der Waals surface area (Å²) in [6.45, 7) is 3.75. The Labute approximate surface area is 176 Å². The van der Waals surface area contributed by atoms with Crippen LogP contribution in [0, 0.1) is 5.41 Å². The quantitative estimate of drug-likeness (QED) is 0.496. The minimum absolute atomic E-state index is 0.0436. The second-order valence-corrected chi connectivity index (χ2v) is 7.83. The number of ether oxygens (including phenoxy) is 2. The minimum atomic E-state index is -0.698. The molecule has 158 valence electrons. The van der Waals surface area contributed by atoms with Crippen molar-refractivity contribution >= 4 is 22.6 Å². The van der Waals surface area contributed by atoms with Crippen molar-refractivity contribution in [3.63, 3.8) is 0 Å². The third kappa shape index (κ3) is 4.66. The van der Waals surface area contributed by atoms with Gasteiger partial charge in [0.05, 0.1) is 12.8 Å². The smallest absolute Gasteiger partial charge is 0.412 e. The summed E-state index contributed by atoms with van der Waals surface area (Å²) in [4.78, 5) is 12.8. The van der Waals surface area contributed by atoms with E-state index in [0.717, 1.165) is 10.8 Å². The van der Waals surface area contributed by atoms with Crippen LogP contribution in [-0.2, 0) is 4.74 Å². The zero-order valence-corrected chi connectivity index (χ0v) is 17.4. The van der Waals surface area contributed by atoms with Crippen LogP contribution in [0.15, 0.2) is 60.7 Å². The molecule has 0 saturated heterocycles. The molecule has 0 saturated carbocycles. The molecule has 30 heavy (non-hydrogen) atoms. The Bertz CT molecular complexity index is 1030. The predicted octanol–water partition coefficient (Wildman–Crippen LogP) is 5.25. The molecule has 6 nitrogen and oxygen atoms in total. The van der Waals surface area contributed by atoms with E-state index in [9.17, 15) is 15.0 Å². The molecule has 1 atom stereocenters. The number of carbonyl (C=O) groups excluding carboxylic acids is 1. The molecule has 0 radical (unpaired) electrons. The minimum Gasteiger partial charge on any atom is -0.504 e. The number of amides is 1. The maximum Gasteiger partial charge on any atom is 0.412 e. The first-order valence-corrected chi connectivity index (χ1v) is 9.79. The molecule has 0 aromatic heterocycles. The molecule has 0 unspecified atom stereocenters. The van der Waals surface area contributed by atoms with Gasteiger partial charge in [0, 0.05) is 17.4 Å². The highest BCUT2D eigenvalue weighted by molar-refractivity contribution is 6.00. The van der Waals surface area contributed by atoms with Crippen molar-refractivity contribution in [2.24, 2.45) is 5.41 Å². The summed E-state index contributed by atoms with van der Waals surface area (Å²) < 4.78 is 10.9. The van der Waals surface area contributed by atoms with Gasteiger partial charge in [-0.3, -0.25) is 5.32 Å². The topological polar surface area (TPSA) is 88.0 Å². The maximum absolute atomic E-state index is 12.8. The fourth-order valence-corrected chi connectivity index (χ4v) is 3.55. The first-order chi connectivity index (χ1) is 14.4. The van der Waals surface area contributed by atoms with Gasteiger partial charge in [-0.25, -0.2) is 4.79 Å². The van der Waals surface area contributed by atoms with Crippen LogP contribution in [0.3, 0.4) is 0 Å². The number of anilines is 1. The highest BCUT2D eigenvalue weighted by atomic mass is 16.6. The van der Waals surface area contributed by atoms with Gasteiger partial charge in [0.25, 0.3) is 0 Å². The van der Waals surface area contributed by atoms with Gasteiger partial charge < -0.3 is 19.7 Å². The number of aliphatic hydroxyl groups is 1. The molecule has 0 aliphatic carbocycles. The number of benzene rings is 3. The number of aliphatic hydroxyl groups excluding tert-OH is 1. The van der Waals surface area contributed by atoms with E-state index in [-0.39, 0.29) is 12.4 Å². The average molecular weight is 409 g/mol. The summed E-state index contributed by atoms with van der Waals surface area (Å²) in [6.07, 6.45) is -0.902. The van der Waals surface area contributed by atoms with Crippen LogP contribution >= 0.6 is 0 Å². The Morgan fingerprint density at radius 1 is 1.10 bits per heavy atom. The molecule has 0 spiro atoms. The van der Waals surface area contributed by atoms with Crippen LogP contribution in [0.25, 0.3) is 10.8 Å². The van der Waals surface area contributed by atoms with Crippen LogP contribution in [0.4, 0.5) is 10.5 Å². The molecule has 0 aliphatic rings.